The zero-order chi connectivity index (χ0) is 17.6. The fourth-order valence-electron chi connectivity index (χ4n) is 2.14. The summed E-state index contributed by atoms with van der Waals surface area (Å²) in [5.41, 5.74) is 1.12. The lowest BCUT2D eigenvalue weighted by atomic mass is 10.2. The smallest absolute Gasteiger partial charge is 0.192 e. The molecule has 6 heteroatoms. The van der Waals surface area contributed by atoms with E-state index in [2.05, 4.69) is 0 Å². The van der Waals surface area contributed by atoms with Crippen molar-refractivity contribution in [3.05, 3.63) is 64.6 Å². The van der Waals surface area contributed by atoms with Crippen LogP contribution in [0.15, 0.2) is 53.4 Å². The van der Waals surface area contributed by atoms with Crippen LogP contribution in [-0.4, -0.2) is 22.6 Å². The molecule has 2 aromatic rings. The predicted octanol–water partition coefficient (Wildman–Crippen LogP) is 3.18. The summed E-state index contributed by atoms with van der Waals surface area (Å²) in [5, 5.41) is 9.30. The summed E-state index contributed by atoms with van der Waals surface area (Å²) in [6, 6.07) is 15.5. The van der Waals surface area contributed by atoms with E-state index in [-0.39, 0.29) is 10.7 Å². The number of rotatable bonds is 6. The molecule has 0 heterocycles. The van der Waals surface area contributed by atoms with E-state index in [1.54, 1.807) is 54.6 Å². The SMILES string of the molecule is COc1ccc(/C=C(\C#N)S(=O)(=O)Cc2ccccc2)c(OC)c1. The Morgan fingerprint density at radius 3 is 2.42 bits per heavy atom. The molecule has 0 atom stereocenters. The Balaban J connectivity index is 2.40. The minimum absolute atomic E-state index is 0.230. The van der Waals surface area contributed by atoms with Gasteiger partial charge in [0.25, 0.3) is 0 Å². The lowest BCUT2D eigenvalue weighted by Gasteiger charge is -2.08. The molecule has 0 bridgehead atoms. The minimum Gasteiger partial charge on any atom is -0.497 e. The van der Waals surface area contributed by atoms with Crippen molar-refractivity contribution in [1.29, 1.82) is 5.26 Å². The molecule has 0 saturated heterocycles. The van der Waals surface area contributed by atoms with Gasteiger partial charge in [-0.3, -0.25) is 0 Å². The molecule has 0 amide bonds. The zero-order valence-corrected chi connectivity index (χ0v) is 14.2. The first-order chi connectivity index (χ1) is 11.5. The normalized spacial score (nSPS) is 11.6. The summed E-state index contributed by atoms with van der Waals surface area (Å²) in [5.74, 6) is 0.776. The third-order valence-corrected chi connectivity index (χ3v) is 4.96. The van der Waals surface area contributed by atoms with E-state index in [0.29, 0.717) is 22.6 Å². The van der Waals surface area contributed by atoms with Gasteiger partial charge in [-0.2, -0.15) is 5.26 Å². The molecule has 0 aliphatic heterocycles. The Hall–Kier alpha value is -2.78. The molecular formula is C18H17NO4S. The summed E-state index contributed by atoms with van der Waals surface area (Å²) in [6.45, 7) is 0. The molecule has 2 rings (SSSR count). The van der Waals surface area contributed by atoms with Crippen molar-refractivity contribution in [2.24, 2.45) is 0 Å². The molecule has 0 aliphatic rings. The molecule has 5 nitrogen and oxygen atoms in total. The fourth-order valence-corrected chi connectivity index (χ4v) is 3.37. The van der Waals surface area contributed by atoms with E-state index in [0.717, 1.165) is 0 Å². The number of sulfone groups is 1. The maximum Gasteiger partial charge on any atom is 0.192 e. The number of nitriles is 1. The van der Waals surface area contributed by atoms with Crippen LogP contribution in [0.5, 0.6) is 11.5 Å². The van der Waals surface area contributed by atoms with Crippen molar-refractivity contribution < 1.29 is 17.9 Å². The van der Waals surface area contributed by atoms with Crippen LogP contribution in [0.25, 0.3) is 6.08 Å². The second-order valence-corrected chi connectivity index (χ2v) is 6.93. The number of methoxy groups -OCH3 is 2. The maximum absolute atomic E-state index is 12.5. The highest BCUT2D eigenvalue weighted by molar-refractivity contribution is 7.95. The van der Waals surface area contributed by atoms with Gasteiger partial charge in [0, 0.05) is 11.6 Å². The van der Waals surface area contributed by atoms with Crippen LogP contribution in [0, 0.1) is 11.3 Å². The first-order valence-corrected chi connectivity index (χ1v) is 8.76. The molecule has 0 aromatic heterocycles. The summed E-state index contributed by atoms with van der Waals surface area (Å²) >= 11 is 0. The molecule has 0 fully saturated rings. The average Bonchev–Trinajstić information content (AvgIpc) is 2.59. The lowest BCUT2D eigenvalue weighted by molar-refractivity contribution is 0.394. The Kier molecular flexibility index (Phi) is 5.61. The van der Waals surface area contributed by atoms with E-state index in [4.69, 9.17) is 9.47 Å². The Morgan fingerprint density at radius 1 is 1.12 bits per heavy atom. The van der Waals surface area contributed by atoms with Gasteiger partial charge in [-0.1, -0.05) is 30.3 Å². The number of ether oxygens (including phenoxy) is 2. The molecule has 2 aromatic carbocycles. The quantitative estimate of drug-likeness (QED) is 0.753. The van der Waals surface area contributed by atoms with Crippen molar-refractivity contribution in [3.63, 3.8) is 0 Å². The van der Waals surface area contributed by atoms with E-state index in [9.17, 15) is 13.7 Å². The third kappa shape index (κ3) is 4.15. The van der Waals surface area contributed by atoms with Crippen LogP contribution in [-0.2, 0) is 15.6 Å². The second-order valence-electron chi connectivity index (χ2n) is 4.97. The van der Waals surface area contributed by atoms with Gasteiger partial charge >= 0.3 is 0 Å². The molecule has 0 aliphatic carbocycles. The number of hydrogen-bond acceptors (Lipinski definition) is 5. The molecule has 124 valence electrons. The van der Waals surface area contributed by atoms with Crippen molar-refractivity contribution in [3.8, 4) is 17.6 Å². The van der Waals surface area contributed by atoms with Crippen LogP contribution in [0.3, 0.4) is 0 Å². The monoisotopic (exact) mass is 343 g/mol. The van der Waals surface area contributed by atoms with Gasteiger partial charge in [-0.05, 0) is 23.8 Å². The highest BCUT2D eigenvalue weighted by Gasteiger charge is 2.19. The molecule has 0 N–H and O–H groups in total. The summed E-state index contributed by atoms with van der Waals surface area (Å²) < 4.78 is 35.3. The molecular weight excluding hydrogens is 326 g/mol. The van der Waals surface area contributed by atoms with Gasteiger partial charge < -0.3 is 9.47 Å². The van der Waals surface area contributed by atoms with Gasteiger partial charge in [0.15, 0.2) is 9.84 Å². The number of hydrogen-bond donors (Lipinski definition) is 0. The second kappa shape index (κ2) is 7.66. The summed E-state index contributed by atoms with van der Waals surface area (Å²) in [6.07, 6.45) is 1.32. The van der Waals surface area contributed by atoms with E-state index in [1.165, 1.54) is 20.3 Å². The lowest BCUT2D eigenvalue weighted by Crippen LogP contribution is -2.06. The average molecular weight is 343 g/mol. The fraction of sp³-hybridized carbons (Fsp3) is 0.167. The maximum atomic E-state index is 12.5. The minimum atomic E-state index is -3.75. The predicted molar refractivity (Wildman–Crippen MR) is 92.2 cm³/mol. The van der Waals surface area contributed by atoms with Gasteiger partial charge in [-0.25, -0.2) is 8.42 Å². The summed E-state index contributed by atoms with van der Waals surface area (Å²) in [4.78, 5) is -0.310. The van der Waals surface area contributed by atoms with Crippen LogP contribution in [0.1, 0.15) is 11.1 Å². The van der Waals surface area contributed by atoms with Gasteiger partial charge in [-0.15, -0.1) is 0 Å². The Morgan fingerprint density at radius 2 is 1.83 bits per heavy atom. The van der Waals surface area contributed by atoms with Crippen molar-refractivity contribution in [1.82, 2.24) is 0 Å². The zero-order valence-electron chi connectivity index (χ0n) is 13.4. The van der Waals surface area contributed by atoms with Gasteiger partial charge in [0.2, 0.25) is 0 Å². The largest absolute Gasteiger partial charge is 0.497 e. The number of nitrogens with zero attached hydrogens (tertiary/aromatic N) is 1. The third-order valence-electron chi connectivity index (χ3n) is 3.37. The first kappa shape index (κ1) is 17.6. The van der Waals surface area contributed by atoms with Gasteiger partial charge in [0.05, 0.1) is 20.0 Å². The standard InChI is InChI=1S/C18H17NO4S/c1-22-16-9-8-15(18(11-16)23-2)10-17(12-19)24(20,21)13-14-6-4-3-5-7-14/h3-11H,13H2,1-2H3/b17-10+. The number of benzene rings is 2. The topological polar surface area (TPSA) is 76.4 Å². The molecule has 0 spiro atoms. The van der Waals surface area contributed by atoms with Crippen LogP contribution < -0.4 is 9.47 Å². The molecule has 0 radical (unpaired) electrons. The van der Waals surface area contributed by atoms with Crippen molar-refractivity contribution in [2.45, 2.75) is 5.75 Å². The highest BCUT2D eigenvalue weighted by Crippen LogP contribution is 2.28. The van der Waals surface area contributed by atoms with Gasteiger partial charge in [0.1, 0.15) is 22.5 Å². The van der Waals surface area contributed by atoms with Crippen LogP contribution in [0.2, 0.25) is 0 Å². The molecule has 0 unspecified atom stereocenters. The number of allylic oxidation sites excluding steroid dienone is 1. The molecule has 0 saturated carbocycles. The summed E-state index contributed by atoms with van der Waals surface area (Å²) in [7, 11) is -0.759. The highest BCUT2D eigenvalue weighted by atomic mass is 32.2. The molecule has 24 heavy (non-hydrogen) atoms. The van der Waals surface area contributed by atoms with E-state index in [1.807, 2.05) is 0 Å². The van der Waals surface area contributed by atoms with Crippen LogP contribution >= 0.6 is 0 Å². The van der Waals surface area contributed by atoms with Crippen LogP contribution in [0.4, 0.5) is 0 Å². The first-order valence-electron chi connectivity index (χ1n) is 7.10. The van der Waals surface area contributed by atoms with E-state index < -0.39 is 9.84 Å². The van der Waals surface area contributed by atoms with Crippen molar-refractivity contribution >= 4 is 15.9 Å². The Labute approximate surface area is 141 Å². The van der Waals surface area contributed by atoms with E-state index >= 15 is 0 Å². The Bertz CT molecular complexity index is 881. The van der Waals surface area contributed by atoms with Crippen molar-refractivity contribution in [2.75, 3.05) is 14.2 Å².